The van der Waals surface area contributed by atoms with Gasteiger partial charge in [0, 0.05) is 43.3 Å². The van der Waals surface area contributed by atoms with Gasteiger partial charge < -0.3 is 14.7 Å². The Morgan fingerprint density at radius 3 is 2.47 bits per heavy atom. The molecule has 34 heavy (non-hydrogen) atoms. The molecule has 0 radical (unpaired) electrons. The fraction of sp³-hybridized carbons (Fsp3) is 0.481. The molecule has 4 rings (SSSR count). The summed E-state index contributed by atoms with van der Waals surface area (Å²) in [6.07, 6.45) is 4.06. The molecule has 2 N–H and O–H groups in total. The number of hydrogen-bond acceptors (Lipinski definition) is 5. The number of nitrogens with one attached hydrogen (secondary N) is 1. The van der Waals surface area contributed by atoms with Gasteiger partial charge in [-0.1, -0.05) is 26.0 Å². The number of aromatic amines is 1. The number of anilines is 1. The molecule has 3 heterocycles. The maximum atomic E-state index is 12.5. The lowest BCUT2D eigenvalue weighted by Crippen LogP contribution is -2.47. The van der Waals surface area contributed by atoms with Crippen LogP contribution in [-0.4, -0.2) is 60.7 Å². The Morgan fingerprint density at radius 1 is 1.09 bits per heavy atom. The van der Waals surface area contributed by atoms with Gasteiger partial charge in [-0.05, 0) is 79.7 Å². The molecule has 0 amide bonds. The van der Waals surface area contributed by atoms with E-state index in [2.05, 4.69) is 34.7 Å². The molecule has 6 nitrogen and oxygen atoms in total. The van der Waals surface area contributed by atoms with E-state index in [0.29, 0.717) is 0 Å². The number of nitrogens with zero attached hydrogens (tertiary/aromatic N) is 3. The van der Waals surface area contributed by atoms with E-state index < -0.39 is 8.32 Å². The van der Waals surface area contributed by atoms with Gasteiger partial charge in [0.1, 0.15) is 5.82 Å². The zero-order valence-corrected chi connectivity index (χ0v) is 22.2. The Labute approximate surface area is 203 Å². The van der Waals surface area contributed by atoms with Crippen LogP contribution in [0.3, 0.4) is 0 Å². The van der Waals surface area contributed by atoms with Crippen LogP contribution in [0.2, 0.25) is 18.1 Å². The second-order valence-electron chi connectivity index (χ2n) is 10.8. The molecule has 1 aromatic carbocycles. The molecule has 2 aromatic heterocycles. The minimum absolute atomic E-state index is 0.0501. The van der Waals surface area contributed by atoms with Gasteiger partial charge in [-0.25, -0.2) is 4.98 Å². The van der Waals surface area contributed by atoms with Crippen molar-refractivity contribution in [1.82, 2.24) is 14.9 Å². The van der Waals surface area contributed by atoms with E-state index in [1.807, 2.05) is 56.5 Å². The van der Waals surface area contributed by atoms with Crippen molar-refractivity contribution in [2.45, 2.75) is 51.7 Å². The molecular weight excluding hydrogens is 440 g/mol. The number of aromatic nitrogens is 2. The number of piperazine rings is 1. The molecule has 3 aromatic rings. The van der Waals surface area contributed by atoms with Crippen LogP contribution < -0.4 is 10.5 Å². The van der Waals surface area contributed by atoms with Gasteiger partial charge in [-0.2, -0.15) is 0 Å². The Morgan fingerprint density at radius 2 is 1.82 bits per heavy atom. The fourth-order valence-corrected chi connectivity index (χ4v) is 5.37. The predicted octanol–water partition coefficient (Wildman–Crippen LogP) is 4.78. The Kier molecular flexibility index (Phi) is 6.98. The lowest BCUT2D eigenvalue weighted by Gasteiger charge is -2.38. The summed E-state index contributed by atoms with van der Waals surface area (Å²) in [6, 6.07) is 12.0. The molecule has 182 valence electrons. The first kappa shape index (κ1) is 24.6. The maximum absolute atomic E-state index is 12.5. The Balaban J connectivity index is 1.35. The summed E-state index contributed by atoms with van der Waals surface area (Å²) < 4.78 is 0. The van der Waals surface area contributed by atoms with Gasteiger partial charge in [0.05, 0.1) is 5.69 Å². The van der Waals surface area contributed by atoms with E-state index in [0.717, 1.165) is 79.0 Å². The normalized spacial score (nSPS) is 15.8. The number of benzene rings is 1. The smallest absolute Gasteiger partial charge is 0.256 e. The van der Waals surface area contributed by atoms with Crippen LogP contribution in [-0.2, 0) is 0 Å². The SMILES string of the molecule is Cc1cccc2c(=O)[nH]c(-c3ccc(N4CCN(CCCC(C)(C)[Si](C)(C)O)CC4)nc3)cc12. The van der Waals surface area contributed by atoms with Crippen LogP contribution in [0.15, 0.2) is 47.4 Å². The quantitative estimate of drug-likeness (QED) is 0.478. The molecule has 7 heteroatoms. The second-order valence-corrected chi connectivity index (χ2v) is 15.3. The molecule has 1 saturated heterocycles. The number of fused-ring (bicyclic) bond motifs is 1. The molecule has 0 unspecified atom stereocenters. The predicted molar refractivity (Wildman–Crippen MR) is 144 cm³/mol. The fourth-order valence-electron chi connectivity index (χ4n) is 4.58. The highest BCUT2D eigenvalue weighted by Gasteiger charge is 2.37. The number of H-pyrrole nitrogens is 1. The Bertz CT molecular complexity index is 1190. The third kappa shape index (κ3) is 5.27. The van der Waals surface area contributed by atoms with Crippen molar-refractivity contribution in [2.75, 3.05) is 37.6 Å². The van der Waals surface area contributed by atoms with Crippen molar-refractivity contribution in [3.63, 3.8) is 0 Å². The first-order chi connectivity index (χ1) is 16.0. The van der Waals surface area contributed by atoms with Crippen LogP contribution in [0.4, 0.5) is 5.82 Å². The van der Waals surface area contributed by atoms with Crippen molar-refractivity contribution >= 4 is 24.9 Å². The van der Waals surface area contributed by atoms with Gasteiger partial charge in [-0.15, -0.1) is 0 Å². The van der Waals surface area contributed by atoms with Crippen molar-refractivity contribution in [2.24, 2.45) is 0 Å². The summed E-state index contributed by atoms with van der Waals surface area (Å²) in [5.74, 6) is 0.983. The average Bonchev–Trinajstić information content (AvgIpc) is 2.79. The minimum atomic E-state index is -2.13. The molecule has 1 fully saturated rings. The molecular formula is C27H38N4O2Si. The first-order valence-electron chi connectivity index (χ1n) is 12.3. The Hall–Kier alpha value is -2.48. The monoisotopic (exact) mass is 478 g/mol. The molecule has 0 saturated carbocycles. The molecule has 0 atom stereocenters. The molecule has 1 aliphatic heterocycles. The number of aryl methyl sites for hydroxylation is 1. The van der Waals surface area contributed by atoms with E-state index >= 15 is 0 Å². The van der Waals surface area contributed by atoms with Crippen LogP contribution in [0.25, 0.3) is 22.0 Å². The minimum Gasteiger partial charge on any atom is -0.432 e. The van der Waals surface area contributed by atoms with E-state index in [1.165, 1.54) is 0 Å². The van der Waals surface area contributed by atoms with E-state index in [4.69, 9.17) is 4.98 Å². The number of hydrogen-bond donors (Lipinski definition) is 2. The van der Waals surface area contributed by atoms with Crippen molar-refractivity contribution in [3.8, 4) is 11.3 Å². The van der Waals surface area contributed by atoms with Crippen molar-refractivity contribution < 1.29 is 4.80 Å². The molecule has 0 spiro atoms. The number of pyridine rings is 2. The largest absolute Gasteiger partial charge is 0.432 e. The van der Waals surface area contributed by atoms with E-state index in [-0.39, 0.29) is 10.6 Å². The van der Waals surface area contributed by atoms with Gasteiger partial charge in [-0.3, -0.25) is 9.69 Å². The molecule has 0 aliphatic carbocycles. The third-order valence-corrected chi connectivity index (χ3v) is 11.4. The lowest BCUT2D eigenvalue weighted by atomic mass is 10.0. The van der Waals surface area contributed by atoms with E-state index in [9.17, 15) is 9.59 Å². The highest BCUT2D eigenvalue weighted by Crippen LogP contribution is 2.39. The number of rotatable bonds is 7. The summed E-state index contributed by atoms with van der Waals surface area (Å²) in [6.45, 7) is 15.6. The van der Waals surface area contributed by atoms with Gasteiger partial charge >= 0.3 is 0 Å². The highest BCUT2D eigenvalue weighted by atomic mass is 28.4. The van der Waals surface area contributed by atoms with Crippen molar-refractivity contribution in [3.05, 3.63) is 58.5 Å². The average molecular weight is 479 g/mol. The summed E-state index contributed by atoms with van der Waals surface area (Å²) in [7, 11) is -2.13. The van der Waals surface area contributed by atoms with Crippen LogP contribution in [0.5, 0.6) is 0 Å². The first-order valence-corrected chi connectivity index (χ1v) is 15.3. The molecule has 1 aliphatic rings. The zero-order valence-electron chi connectivity index (χ0n) is 21.2. The van der Waals surface area contributed by atoms with Gasteiger partial charge in [0.25, 0.3) is 5.56 Å². The van der Waals surface area contributed by atoms with Crippen molar-refractivity contribution in [1.29, 1.82) is 0 Å². The maximum Gasteiger partial charge on any atom is 0.256 e. The lowest BCUT2D eigenvalue weighted by molar-refractivity contribution is 0.247. The van der Waals surface area contributed by atoms with Crippen LogP contribution in [0, 0.1) is 6.92 Å². The van der Waals surface area contributed by atoms with Gasteiger partial charge in [0.2, 0.25) is 0 Å². The summed E-state index contributed by atoms with van der Waals surface area (Å²) in [5, 5.41) is 1.75. The second kappa shape index (κ2) is 9.64. The highest BCUT2D eigenvalue weighted by molar-refractivity contribution is 6.72. The third-order valence-electron chi connectivity index (χ3n) is 7.79. The van der Waals surface area contributed by atoms with Crippen LogP contribution >= 0.6 is 0 Å². The summed E-state index contributed by atoms with van der Waals surface area (Å²) in [4.78, 5) is 35.6. The molecule has 0 bridgehead atoms. The zero-order chi connectivity index (χ0) is 24.5. The van der Waals surface area contributed by atoms with Crippen LogP contribution in [0.1, 0.15) is 32.3 Å². The van der Waals surface area contributed by atoms with E-state index in [1.54, 1.807) is 0 Å². The van der Waals surface area contributed by atoms with Gasteiger partial charge in [0.15, 0.2) is 8.32 Å². The standard InChI is InChI=1S/C27H38N4O2Si/c1-20-8-6-9-22-23(20)18-24(29-26(22)32)21-10-11-25(28-19-21)31-16-14-30(15-17-31)13-7-12-27(2,3)34(4,5)33/h6,8-11,18-19,33H,7,12-17H2,1-5H3,(H,29,32). The topological polar surface area (TPSA) is 72.5 Å². The summed E-state index contributed by atoms with van der Waals surface area (Å²) in [5.41, 5.74) is 2.75. The summed E-state index contributed by atoms with van der Waals surface area (Å²) >= 11 is 0.